The summed E-state index contributed by atoms with van der Waals surface area (Å²) in [7, 11) is -13.3. The summed E-state index contributed by atoms with van der Waals surface area (Å²) in [4.78, 5) is 0. The molecule has 0 rings (SSSR count). The number of ether oxygens (including phenoxy) is 4. The van der Waals surface area contributed by atoms with Gasteiger partial charge in [0.1, 0.15) is 0 Å². The molecule has 4 N–H and O–H groups in total. The first-order valence-electron chi connectivity index (χ1n) is 22.5. The van der Waals surface area contributed by atoms with Crippen LogP contribution < -0.4 is 0 Å². The molecule has 57 heavy (non-hydrogen) atoms. The Morgan fingerprint density at radius 1 is 0.333 bits per heavy atom. The Hall–Kier alpha value is 0.604. The first-order valence-corrected chi connectivity index (χ1v) is 36.6. The summed E-state index contributed by atoms with van der Waals surface area (Å²) in [5.74, 6) is 0. The third-order valence-electron chi connectivity index (χ3n) is 10.0. The summed E-state index contributed by atoms with van der Waals surface area (Å²) in [5.41, 5.74) is 0. The van der Waals surface area contributed by atoms with Gasteiger partial charge >= 0.3 is 9.05 Å². The summed E-state index contributed by atoms with van der Waals surface area (Å²) in [6.45, 7) is 29.8. The fourth-order valence-corrected chi connectivity index (χ4v) is 26.2. The van der Waals surface area contributed by atoms with Crippen LogP contribution in [-0.2, 0) is 35.4 Å². The largest absolute Gasteiger partial charge is 0.636 e. The van der Waals surface area contributed by atoms with Gasteiger partial charge in [-0.15, -0.1) is 0 Å². The highest BCUT2D eigenvalue weighted by Crippen LogP contribution is 2.35. The van der Waals surface area contributed by atoms with Crippen molar-refractivity contribution in [1.29, 1.82) is 0 Å². The predicted molar refractivity (Wildman–Crippen MR) is 245 cm³/mol. The van der Waals surface area contributed by atoms with Crippen molar-refractivity contribution in [1.82, 2.24) is 0 Å². The van der Waals surface area contributed by atoms with E-state index in [0.29, 0.717) is 78.5 Å². The minimum absolute atomic E-state index is 0.366. The predicted octanol–water partition coefficient (Wildman–Crippen LogP) is 8.58. The van der Waals surface area contributed by atoms with Crippen LogP contribution in [0.5, 0.6) is 0 Å². The van der Waals surface area contributed by atoms with Crippen molar-refractivity contribution in [3.63, 3.8) is 0 Å². The molecule has 0 aromatic carbocycles. The van der Waals surface area contributed by atoms with Crippen molar-refractivity contribution < 1.29 is 55.8 Å². The minimum atomic E-state index is -3.73. The standard InChI is InChI=1S/C40H92O12Si5/c1-13-37(41)33-45-25-17-21-29-53(5,6)49-57(50-54(7,8)30-22-18-26-46-34-38(42)14-2,51-55(9,10)31-23-19-27-47-35-39(43)15-3)52-56(11,12)32-24-20-28-48-36-40(44)16-4/h37-44H,13-36H2,1-12H3. The first kappa shape index (κ1) is 57.6. The van der Waals surface area contributed by atoms with Crippen LogP contribution in [0.4, 0.5) is 0 Å². The van der Waals surface area contributed by atoms with Crippen LogP contribution in [0.15, 0.2) is 0 Å². The number of hydrogen-bond acceptors (Lipinski definition) is 12. The fraction of sp³-hybridized carbons (Fsp3) is 1.00. The molecule has 0 amide bonds. The summed E-state index contributed by atoms with van der Waals surface area (Å²) < 4.78 is 52.7. The van der Waals surface area contributed by atoms with Gasteiger partial charge in [-0.3, -0.25) is 0 Å². The van der Waals surface area contributed by atoms with Gasteiger partial charge in [0.2, 0.25) is 0 Å². The lowest BCUT2D eigenvalue weighted by Crippen LogP contribution is -2.66. The third-order valence-corrected chi connectivity index (χ3v) is 29.1. The van der Waals surface area contributed by atoms with Crippen molar-refractivity contribution in [2.75, 3.05) is 52.9 Å². The molecule has 12 nitrogen and oxygen atoms in total. The van der Waals surface area contributed by atoms with Crippen molar-refractivity contribution in [2.45, 2.75) is 206 Å². The van der Waals surface area contributed by atoms with Gasteiger partial charge in [0.25, 0.3) is 0 Å². The zero-order valence-corrected chi connectivity index (χ0v) is 43.8. The third kappa shape index (κ3) is 32.0. The van der Waals surface area contributed by atoms with Gasteiger partial charge in [0.15, 0.2) is 33.3 Å². The molecule has 17 heteroatoms. The van der Waals surface area contributed by atoms with E-state index in [9.17, 15) is 20.4 Å². The molecule has 0 saturated carbocycles. The van der Waals surface area contributed by atoms with Crippen LogP contribution >= 0.6 is 0 Å². The molecule has 4 unspecified atom stereocenters. The zero-order chi connectivity index (χ0) is 43.4. The van der Waals surface area contributed by atoms with Crippen molar-refractivity contribution in [3.05, 3.63) is 0 Å². The normalized spacial score (nSPS) is 16.4. The average molecular weight is 906 g/mol. The highest BCUT2D eigenvalue weighted by atomic mass is 28.5. The monoisotopic (exact) mass is 905 g/mol. The van der Waals surface area contributed by atoms with Gasteiger partial charge < -0.3 is 55.8 Å². The second kappa shape index (κ2) is 31.4. The number of aliphatic hydroxyl groups excluding tert-OH is 4. The molecule has 0 fully saturated rings. The first-order chi connectivity index (χ1) is 26.6. The maximum absolute atomic E-state index is 9.90. The highest BCUT2D eigenvalue weighted by Gasteiger charge is 2.58. The van der Waals surface area contributed by atoms with Crippen LogP contribution in [0.3, 0.4) is 0 Å². The number of hydrogen-bond donors (Lipinski definition) is 4. The molecule has 0 saturated heterocycles. The van der Waals surface area contributed by atoms with Crippen molar-refractivity contribution in [2.24, 2.45) is 0 Å². The fourth-order valence-electron chi connectivity index (χ4n) is 6.05. The lowest BCUT2D eigenvalue weighted by atomic mass is 10.3. The molecule has 0 aromatic heterocycles. The lowest BCUT2D eigenvalue weighted by Gasteiger charge is -2.46. The molecule has 0 spiro atoms. The highest BCUT2D eigenvalue weighted by molar-refractivity contribution is 6.92. The van der Waals surface area contributed by atoms with Crippen molar-refractivity contribution >= 4 is 42.3 Å². The molecule has 0 aliphatic heterocycles. The zero-order valence-electron chi connectivity index (χ0n) is 38.8. The van der Waals surface area contributed by atoms with Crippen LogP contribution in [0.1, 0.15) is 105 Å². The van der Waals surface area contributed by atoms with Crippen LogP contribution in [0, 0.1) is 0 Å². The number of rotatable bonds is 40. The Morgan fingerprint density at radius 3 is 0.702 bits per heavy atom. The summed E-state index contributed by atoms with van der Waals surface area (Å²) in [6.07, 6.45) is 8.39. The summed E-state index contributed by atoms with van der Waals surface area (Å²) in [5, 5.41) is 39.6. The van der Waals surface area contributed by atoms with E-state index in [1.807, 2.05) is 27.7 Å². The Balaban J connectivity index is 6.29. The number of unbranched alkanes of at least 4 members (excludes halogenated alkanes) is 4. The summed E-state index contributed by atoms with van der Waals surface area (Å²) >= 11 is 0. The van der Waals surface area contributed by atoms with Crippen LogP contribution in [0.25, 0.3) is 0 Å². The summed E-state index contributed by atoms with van der Waals surface area (Å²) in [6, 6.07) is 3.64. The Labute approximate surface area is 355 Å². The molecule has 4 atom stereocenters. The van der Waals surface area contributed by atoms with E-state index >= 15 is 0 Å². The van der Waals surface area contributed by atoms with E-state index in [1.165, 1.54) is 0 Å². The molecule has 0 bridgehead atoms. The van der Waals surface area contributed by atoms with E-state index in [0.717, 1.165) is 75.5 Å². The van der Waals surface area contributed by atoms with E-state index in [-0.39, 0.29) is 0 Å². The van der Waals surface area contributed by atoms with Crippen LogP contribution in [-0.4, -0.2) is 140 Å². The second-order valence-electron chi connectivity index (χ2n) is 18.3. The molecule has 0 radical (unpaired) electrons. The quantitative estimate of drug-likeness (QED) is 0.0344. The van der Waals surface area contributed by atoms with Gasteiger partial charge in [0, 0.05) is 26.4 Å². The molecular formula is C40H92O12Si5. The Kier molecular flexibility index (Phi) is 31.8. The Bertz CT molecular complexity index is 816. The van der Waals surface area contributed by atoms with Gasteiger partial charge in [-0.05, 0) is 128 Å². The van der Waals surface area contributed by atoms with Gasteiger partial charge in [0.05, 0.1) is 50.8 Å². The van der Waals surface area contributed by atoms with E-state index in [2.05, 4.69) is 52.4 Å². The van der Waals surface area contributed by atoms with Gasteiger partial charge in [-0.2, -0.15) is 0 Å². The van der Waals surface area contributed by atoms with E-state index in [4.69, 9.17) is 35.4 Å². The SMILES string of the molecule is CCC(O)COCCCC[Si](C)(C)O[Si](O[Si](C)(C)CCCCOCC(O)CC)(O[Si](C)(C)CCCCOCC(O)CC)O[Si](C)(C)CCCCOCC(O)CC. The smallest absolute Gasteiger partial charge is 0.396 e. The van der Waals surface area contributed by atoms with Gasteiger partial charge in [-0.1, -0.05) is 53.4 Å². The molecule has 0 aliphatic carbocycles. The van der Waals surface area contributed by atoms with E-state index in [1.54, 1.807) is 0 Å². The second-order valence-corrected chi connectivity index (χ2v) is 38.7. The van der Waals surface area contributed by atoms with E-state index < -0.39 is 66.7 Å². The average Bonchev–Trinajstić information content (AvgIpc) is 3.12. The minimum Gasteiger partial charge on any atom is -0.396 e. The topological polar surface area (TPSA) is 155 Å². The number of aliphatic hydroxyl groups is 4. The molecule has 344 valence electrons. The van der Waals surface area contributed by atoms with Crippen LogP contribution in [0.2, 0.25) is 76.6 Å². The maximum Gasteiger partial charge on any atom is 0.636 e. The molecular weight excluding hydrogens is 813 g/mol. The molecule has 0 aromatic rings. The van der Waals surface area contributed by atoms with Gasteiger partial charge in [-0.25, -0.2) is 0 Å². The van der Waals surface area contributed by atoms with Crippen molar-refractivity contribution in [3.8, 4) is 0 Å². The lowest BCUT2D eigenvalue weighted by molar-refractivity contribution is 0.0337. The molecule has 0 aliphatic rings. The molecule has 0 heterocycles. The Morgan fingerprint density at radius 2 is 0.526 bits per heavy atom. The maximum atomic E-state index is 9.90.